The van der Waals surface area contributed by atoms with Gasteiger partial charge >= 0.3 is 0 Å². The van der Waals surface area contributed by atoms with Crippen molar-refractivity contribution in [3.8, 4) is 0 Å². The van der Waals surface area contributed by atoms with Gasteiger partial charge in [0.05, 0.1) is 6.10 Å². The SMILES string of the molecule is CC(=O)[C@@]12O[C@]1(C)C[C@H]1[C@H]3CC=C4C[C@@H](O)CC[C@]4(C)[C@@H]3CC[C@@]12C. The Bertz CT molecular complexity index is 683. The zero-order valence-corrected chi connectivity index (χ0v) is 16.1. The minimum Gasteiger partial charge on any atom is -0.393 e. The predicted octanol–water partition coefficient (Wildman–Crippen LogP) is 4.04. The number of aliphatic hydroxyl groups is 1. The van der Waals surface area contributed by atoms with Gasteiger partial charge in [-0.15, -0.1) is 0 Å². The van der Waals surface area contributed by atoms with Crippen molar-refractivity contribution >= 4 is 5.78 Å². The van der Waals surface area contributed by atoms with Gasteiger partial charge in [0.25, 0.3) is 0 Å². The molecule has 1 saturated heterocycles. The van der Waals surface area contributed by atoms with Crippen LogP contribution in [0.3, 0.4) is 0 Å². The Morgan fingerprint density at radius 3 is 2.68 bits per heavy atom. The minimum atomic E-state index is -0.511. The van der Waals surface area contributed by atoms with Gasteiger partial charge in [-0.1, -0.05) is 25.5 Å². The summed E-state index contributed by atoms with van der Waals surface area (Å²) in [4.78, 5) is 12.6. The highest BCUT2D eigenvalue weighted by Gasteiger charge is 2.85. The van der Waals surface area contributed by atoms with Crippen LogP contribution < -0.4 is 0 Å². The number of hydrogen-bond acceptors (Lipinski definition) is 3. The van der Waals surface area contributed by atoms with Crippen molar-refractivity contribution in [1.82, 2.24) is 0 Å². The van der Waals surface area contributed by atoms with E-state index in [9.17, 15) is 9.90 Å². The summed E-state index contributed by atoms with van der Waals surface area (Å²) < 4.78 is 6.19. The van der Waals surface area contributed by atoms with Crippen LogP contribution in [-0.2, 0) is 9.53 Å². The Labute approximate surface area is 151 Å². The Morgan fingerprint density at radius 1 is 1.20 bits per heavy atom. The number of fused-ring (bicyclic) bond motifs is 7. The first-order valence-electron chi connectivity index (χ1n) is 10.3. The number of aliphatic hydroxyl groups excluding tert-OH is 1. The van der Waals surface area contributed by atoms with Gasteiger partial charge in [0.15, 0.2) is 11.4 Å². The number of epoxide rings is 1. The molecule has 1 aliphatic heterocycles. The van der Waals surface area contributed by atoms with E-state index in [4.69, 9.17) is 4.74 Å². The van der Waals surface area contributed by atoms with Crippen LogP contribution in [0.4, 0.5) is 0 Å². The number of allylic oxidation sites excluding steroid dienone is 1. The molecule has 4 aliphatic carbocycles. The molecule has 0 aromatic heterocycles. The summed E-state index contributed by atoms with van der Waals surface area (Å²) in [5, 5.41) is 10.1. The molecular weight excluding hydrogens is 312 g/mol. The second-order valence-corrected chi connectivity index (χ2v) is 10.4. The third-order valence-corrected chi connectivity index (χ3v) is 9.46. The van der Waals surface area contributed by atoms with E-state index in [2.05, 4.69) is 26.8 Å². The fraction of sp³-hybridized carbons (Fsp3) is 0.864. The van der Waals surface area contributed by atoms with Gasteiger partial charge in [-0.25, -0.2) is 0 Å². The highest BCUT2D eigenvalue weighted by atomic mass is 16.6. The van der Waals surface area contributed by atoms with E-state index >= 15 is 0 Å². The molecule has 3 heteroatoms. The van der Waals surface area contributed by atoms with E-state index in [1.165, 1.54) is 12.0 Å². The van der Waals surface area contributed by atoms with E-state index in [0.29, 0.717) is 17.8 Å². The van der Waals surface area contributed by atoms with Crippen LogP contribution in [-0.4, -0.2) is 28.2 Å². The first-order valence-corrected chi connectivity index (χ1v) is 10.3. The molecule has 0 aromatic rings. The Balaban J connectivity index is 1.53. The van der Waals surface area contributed by atoms with Crippen LogP contribution in [0, 0.1) is 28.6 Å². The van der Waals surface area contributed by atoms with E-state index in [0.717, 1.165) is 38.5 Å². The lowest BCUT2D eigenvalue weighted by Crippen LogP contribution is -2.54. The molecule has 25 heavy (non-hydrogen) atoms. The minimum absolute atomic E-state index is 0.00460. The van der Waals surface area contributed by atoms with Crippen LogP contribution in [0.1, 0.15) is 72.6 Å². The number of carbonyl (C=O) groups excluding carboxylic acids is 1. The summed E-state index contributed by atoms with van der Waals surface area (Å²) in [7, 11) is 0. The number of ketones is 1. The van der Waals surface area contributed by atoms with Crippen molar-refractivity contribution in [3.63, 3.8) is 0 Å². The molecule has 0 bridgehead atoms. The largest absolute Gasteiger partial charge is 0.393 e. The number of ether oxygens (including phenoxy) is 1. The van der Waals surface area contributed by atoms with Gasteiger partial charge in [0, 0.05) is 5.41 Å². The third kappa shape index (κ3) is 1.69. The summed E-state index contributed by atoms with van der Waals surface area (Å²) in [6, 6.07) is 0. The molecule has 3 nitrogen and oxygen atoms in total. The quantitative estimate of drug-likeness (QED) is 0.577. The van der Waals surface area contributed by atoms with Crippen molar-refractivity contribution in [2.45, 2.75) is 89.9 Å². The smallest absolute Gasteiger partial charge is 0.165 e. The molecule has 0 unspecified atom stereocenters. The van der Waals surface area contributed by atoms with E-state index in [-0.39, 0.29) is 28.3 Å². The Kier molecular flexibility index (Phi) is 3.03. The molecule has 1 heterocycles. The van der Waals surface area contributed by atoms with Crippen molar-refractivity contribution < 1.29 is 14.6 Å². The first kappa shape index (κ1) is 16.5. The molecule has 0 spiro atoms. The molecule has 138 valence electrons. The monoisotopic (exact) mass is 344 g/mol. The van der Waals surface area contributed by atoms with Crippen LogP contribution in [0.2, 0.25) is 0 Å². The second-order valence-electron chi connectivity index (χ2n) is 10.4. The maximum Gasteiger partial charge on any atom is 0.165 e. The first-order chi connectivity index (χ1) is 11.7. The molecule has 8 atom stereocenters. The van der Waals surface area contributed by atoms with Crippen LogP contribution in [0.15, 0.2) is 11.6 Å². The van der Waals surface area contributed by atoms with Crippen LogP contribution in [0.5, 0.6) is 0 Å². The molecule has 0 radical (unpaired) electrons. The van der Waals surface area contributed by atoms with Gasteiger partial charge < -0.3 is 9.84 Å². The van der Waals surface area contributed by atoms with Gasteiger partial charge in [0.2, 0.25) is 0 Å². The number of Topliss-reactive ketones (excluding diaryl/α,β-unsaturated/α-hetero) is 1. The van der Waals surface area contributed by atoms with Gasteiger partial charge in [-0.3, -0.25) is 4.79 Å². The summed E-state index contributed by atoms with van der Waals surface area (Å²) >= 11 is 0. The molecule has 3 saturated carbocycles. The fourth-order valence-corrected chi connectivity index (χ4v) is 8.26. The molecule has 4 fully saturated rings. The van der Waals surface area contributed by atoms with E-state index in [1.54, 1.807) is 6.92 Å². The lowest BCUT2D eigenvalue weighted by molar-refractivity contribution is -0.135. The number of hydrogen-bond donors (Lipinski definition) is 1. The van der Waals surface area contributed by atoms with Crippen molar-refractivity contribution in [2.75, 3.05) is 0 Å². The van der Waals surface area contributed by atoms with Crippen LogP contribution in [0.25, 0.3) is 0 Å². The van der Waals surface area contributed by atoms with Gasteiger partial charge in [-0.2, -0.15) is 0 Å². The lowest BCUT2D eigenvalue weighted by Gasteiger charge is -2.58. The van der Waals surface area contributed by atoms with Crippen molar-refractivity contribution in [2.24, 2.45) is 28.6 Å². The predicted molar refractivity (Wildman–Crippen MR) is 96.0 cm³/mol. The molecule has 5 rings (SSSR count). The van der Waals surface area contributed by atoms with Crippen LogP contribution >= 0.6 is 0 Å². The van der Waals surface area contributed by atoms with E-state index < -0.39 is 5.60 Å². The average Bonchev–Trinajstić information content (AvgIpc) is 3.13. The third-order valence-electron chi connectivity index (χ3n) is 9.46. The summed E-state index contributed by atoms with van der Waals surface area (Å²) in [6.45, 7) is 8.72. The average molecular weight is 344 g/mol. The maximum atomic E-state index is 12.6. The fourth-order valence-electron chi connectivity index (χ4n) is 8.26. The summed E-state index contributed by atoms with van der Waals surface area (Å²) in [5.41, 5.74) is 1.05. The van der Waals surface area contributed by atoms with E-state index in [1.807, 2.05) is 0 Å². The molecular formula is C22H32O3. The Hall–Kier alpha value is -0.670. The Morgan fingerprint density at radius 2 is 1.96 bits per heavy atom. The van der Waals surface area contributed by atoms with Gasteiger partial charge in [-0.05, 0) is 82.0 Å². The number of carbonyl (C=O) groups is 1. The normalized spacial score (nSPS) is 59.2. The molecule has 0 amide bonds. The molecule has 5 aliphatic rings. The van der Waals surface area contributed by atoms with Crippen molar-refractivity contribution in [1.29, 1.82) is 0 Å². The lowest BCUT2D eigenvalue weighted by atomic mass is 9.47. The maximum absolute atomic E-state index is 12.6. The molecule has 1 N–H and O–H groups in total. The van der Waals surface area contributed by atoms with Gasteiger partial charge in [0.1, 0.15) is 5.60 Å². The topological polar surface area (TPSA) is 49.8 Å². The standard InChI is InChI=1S/C22H32O3/c1-13(23)22-20(3)10-8-17-16(18(20)12-21(22,4)25-22)6-5-14-11-15(24)7-9-19(14,17)2/h5,15-18,24H,6-12H2,1-4H3/t15-,16-,17+,18-,19-,20-,21+,22-/m0/s1. The zero-order valence-electron chi connectivity index (χ0n) is 16.1. The van der Waals surface area contributed by atoms with Crippen molar-refractivity contribution in [3.05, 3.63) is 11.6 Å². The summed E-state index contributed by atoms with van der Waals surface area (Å²) in [5.74, 6) is 2.23. The molecule has 0 aromatic carbocycles. The summed E-state index contributed by atoms with van der Waals surface area (Å²) in [6.07, 6.45) is 9.75. The highest BCUT2D eigenvalue weighted by molar-refractivity contribution is 5.91. The number of rotatable bonds is 1. The zero-order chi connectivity index (χ0) is 17.8. The highest BCUT2D eigenvalue weighted by Crippen LogP contribution is 2.77. The second kappa shape index (κ2) is 4.59.